The number of aryl methyl sites for hydroxylation is 1. The van der Waals surface area contributed by atoms with E-state index >= 15 is 0 Å². The van der Waals surface area contributed by atoms with E-state index in [1.807, 2.05) is 0 Å². The lowest BCUT2D eigenvalue weighted by molar-refractivity contribution is 0.0588. The molecule has 1 aliphatic rings. The van der Waals surface area contributed by atoms with E-state index in [0.29, 0.717) is 12.2 Å². The summed E-state index contributed by atoms with van der Waals surface area (Å²) in [6.45, 7) is 2.13. The van der Waals surface area contributed by atoms with Crippen LogP contribution in [0.5, 0.6) is 0 Å². The molecule has 0 spiro atoms. The second-order valence-electron chi connectivity index (χ2n) is 3.89. The quantitative estimate of drug-likeness (QED) is 0.733. The van der Waals surface area contributed by atoms with Gasteiger partial charge < -0.3 is 4.74 Å². The van der Waals surface area contributed by atoms with Crippen LogP contribution in [0.3, 0.4) is 0 Å². The molecular weight excluding hydrogens is 240 g/mol. The van der Waals surface area contributed by atoms with Crippen molar-refractivity contribution in [2.45, 2.75) is 32.0 Å². The topological polar surface area (TPSA) is 9.23 Å². The van der Waals surface area contributed by atoms with Gasteiger partial charge in [-0.05, 0) is 25.3 Å². The molecule has 0 saturated carbocycles. The average Bonchev–Trinajstić information content (AvgIpc) is 2.66. The normalized spacial score (nSPS) is 26.7. The van der Waals surface area contributed by atoms with Crippen molar-refractivity contribution in [3.05, 3.63) is 35.4 Å². The van der Waals surface area contributed by atoms with Gasteiger partial charge in [0, 0.05) is 5.33 Å². The third kappa shape index (κ3) is 2.18. The fourth-order valence-electron chi connectivity index (χ4n) is 1.93. The van der Waals surface area contributed by atoms with Gasteiger partial charge in [-0.3, -0.25) is 0 Å². The molecule has 1 nitrogen and oxygen atoms in total. The molecule has 76 valence electrons. The Bertz CT molecular complexity index is 311. The summed E-state index contributed by atoms with van der Waals surface area (Å²) in [7, 11) is 0. The van der Waals surface area contributed by atoms with E-state index in [1.54, 1.807) is 0 Å². The van der Waals surface area contributed by atoms with E-state index in [4.69, 9.17) is 4.74 Å². The van der Waals surface area contributed by atoms with Crippen molar-refractivity contribution in [2.24, 2.45) is 0 Å². The predicted octanol–water partition coefficient (Wildman–Crippen LogP) is 3.61. The number of hydrogen-bond donors (Lipinski definition) is 0. The summed E-state index contributed by atoms with van der Waals surface area (Å²) in [5.41, 5.74) is 2.64. The molecule has 1 heterocycles. The molecule has 0 N–H and O–H groups in total. The van der Waals surface area contributed by atoms with Crippen molar-refractivity contribution in [1.29, 1.82) is 0 Å². The molecule has 2 unspecified atom stereocenters. The van der Waals surface area contributed by atoms with E-state index < -0.39 is 0 Å². The van der Waals surface area contributed by atoms with Crippen LogP contribution in [0.25, 0.3) is 0 Å². The second kappa shape index (κ2) is 4.45. The van der Waals surface area contributed by atoms with Crippen LogP contribution in [0.2, 0.25) is 0 Å². The highest BCUT2D eigenvalue weighted by Crippen LogP contribution is 2.33. The van der Waals surface area contributed by atoms with E-state index in [2.05, 4.69) is 47.1 Å². The minimum absolute atomic E-state index is 0.317. The van der Waals surface area contributed by atoms with Gasteiger partial charge in [-0.15, -0.1) is 0 Å². The van der Waals surface area contributed by atoms with Gasteiger partial charge >= 0.3 is 0 Å². The number of rotatable bonds is 2. The maximum absolute atomic E-state index is 5.90. The Labute approximate surface area is 93.6 Å². The van der Waals surface area contributed by atoms with Crippen molar-refractivity contribution < 1.29 is 4.74 Å². The molecule has 0 aliphatic carbocycles. The lowest BCUT2D eigenvalue weighted by Crippen LogP contribution is -2.07. The fourth-order valence-corrected chi connectivity index (χ4v) is 2.41. The summed E-state index contributed by atoms with van der Waals surface area (Å²) in [6.07, 6.45) is 3.04. The van der Waals surface area contributed by atoms with Gasteiger partial charge in [-0.25, -0.2) is 0 Å². The standard InChI is InChI=1S/C12H15BrO/c1-9-3-2-4-10(7-9)12-6-5-11(8-13)14-12/h2-4,7,11-12H,5-6,8H2,1H3. The van der Waals surface area contributed by atoms with Crippen LogP contribution in [0, 0.1) is 6.92 Å². The van der Waals surface area contributed by atoms with Crippen LogP contribution < -0.4 is 0 Å². The fraction of sp³-hybridized carbons (Fsp3) is 0.500. The molecule has 1 saturated heterocycles. The minimum atomic E-state index is 0.317. The number of halogens is 1. The van der Waals surface area contributed by atoms with Gasteiger partial charge in [0.25, 0.3) is 0 Å². The first kappa shape index (κ1) is 10.2. The van der Waals surface area contributed by atoms with Crippen LogP contribution in [-0.2, 0) is 4.74 Å². The maximum atomic E-state index is 5.90. The van der Waals surface area contributed by atoms with Crippen molar-refractivity contribution in [1.82, 2.24) is 0 Å². The first-order valence-electron chi connectivity index (χ1n) is 5.07. The predicted molar refractivity (Wildman–Crippen MR) is 61.8 cm³/mol. The maximum Gasteiger partial charge on any atom is 0.0830 e. The van der Waals surface area contributed by atoms with Crippen LogP contribution in [0.4, 0.5) is 0 Å². The van der Waals surface area contributed by atoms with Gasteiger partial charge in [0.05, 0.1) is 12.2 Å². The van der Waals surface area contributed by atoms with Crippen LogP contribution in [0.15, 0.2) is 24.3 Å². The largest absolute Gasteiger partial charge is 0.369 e. The SMILES string of the molecule is Cc1cccc(C2CCC(CBr)O2)c1. The summed E-state index contributed by atoms with van der Waals surface area (Å²) >= 11 is 3.47. The molecule has 1 aliphatic heterocycles. The average molecular weight is 255 g/mol. The van der Waals surface area contributed by atoms with Gasteiger partial charge in [-0.1, -0.05) is 45.8 Å². The number of ether oxygens (including phenoxy) is 1. The number of alkyl halides is 1. The molecule has 2 atom stereocenters. The van der Waals surface area contributed by atoms with Crippen LogP contribution >= 0.6 is 15.9 Å². The van der Waals surface area contributed by atoms with Crippen molar-refractivity contribution >= 4 is 15.9 Å². The van der Waals surface area contributed by atoms with E-state index in [9.17, 15) is 0 Å². The van der Waals surface area contributed by atoms with Crippen LogP contribution in [0.1, 0.15) is 30.1 Å². The van der Waals surface area contributed by atoms with Gasteiger partial charge in [-0.2, -0.15) is 0 Å². The summed E-state index contributed by atoms with van der Waals surface area (Å²) in [6, 6.07) is 8.62. The Balaban J connectivity index is 2.09. The van der Waals surface area contributed by atoms with E-state index in [0.717, 1.165) is 11.8 Å². The molecule has 0 aromatic heterocycles. The number of benzene rings is 1. The zero-order valence-electron chi connectivity index (χ0n) is 8.37. The highest BCUT2D eigenvalue weighted by molar-refractivity contribution is 9.09. The van der Waals surface area contributed by atoms with E-state index in [-0.39, 0.29) is 0 Å². The van der Waals surface area contributed by atoms with Gasteiger partial charge in [0.15, 0.2) is 0 Å². The molecule has 0 radical (unpaired) electrons. The second-order valence-corrected chi connectivity index (χ2v) is 4.54. The van der Waals surface area contributed by atoms with Crippen LogP contribution in [-0.4, -0.2) is 11.4 Å². The molecule has 0 amide bonds. The molecule has 14 heavy (non-hydrogen) atoms. The molecule has 2 heteroatoms. The molecule has 2 rings (SSSR count). The number of hydrogen-bond acceptors (Lipinski definition) is 1. The Kier molecular flexibility index (Phi) is 3.24. The molecule has 1 aromatic rings. The zero-order valence-corrected chi connectivity index (χ0v) is 9.96. The first-order chi connectivity index (χ1) is 6.79. The van der Waals surface area contributed by atoms with Crippen molar-refractivity contribution in [3.8, 4) is 0 Å². The highest BCUT2D eigenvalue weighted by atomic mass is 79.9. The smallest absolute Gasteiger partial charge is 0.0830 e. The molecular formula is C12H15BrO. The van der Waals surface area contributed by atoms with Crippen molar-refractivity contribution in [3.63, 3.8) is 0 Å². The molecule has 1 fully saturated rings. The third-order valence-corrected chi connectivity index (χ3v) is 3.42. The summed E-state index contributed by atoms with van der Waals surface area (Å²) in [5.74, 6) is 0. The van der Waals surface area contributed by atoms with E-state index in [1.165, 1.54) is 17.5 Å². The monoisotopic (exact) mass is 254 g/mol. The zero-order chi connectivity index (χ0) is 9.97. The van der Waals surface area contributed by atoms with Gasteiger partial charge in [0.1, 0.15) is 0 Å². The Morgan fingerprint density at radius 1 is 1.43 bits per heavy atom. The lowest BCUT2D eigenvalue weighted by Gasteiger charge is -2.12. The highest BCUT2D eigenvalue weighted by Gasteiger charge is 2.25. The minimum Gasteiger partial charge on any atom is -0.369 e. The summed E-state index contributed by atoms with van der Waals surface area (Å²) < 4.78 is 5.90. The first-order valence-corrected chi connectivity index (χ1v) is 6.19. The lowest BCUT2D eigenvalue weighted by atomic mass is 10.0. The molecule has 0 bridgehead atoms. The summed E-state index contributed by atoms with van der Waals surface area (Å²) in [4.78, 5) is 0. The van der Waals surface area contributed by atoms with Gasteiger partial charge in [0.2, 0.25) is 0 Å². The third-order valence-electron chi connectivity index (χ3n) is 2.69. The Hall–Kier alpha value is -0.340. The Morgan fingerprint density at radius 2 is 2.29 bits per heavy atom. The Morgan fingerprint density at radius 3 is 2.93 bits per heavy atom. The molecule has 1 aromatic carbocycles. The summed E-state index contributed by atoms with van der Waals surface area (Å²) in [5, 5.41) is 0.954. The van der Waals surface area contributed by atoms with Crippen molar-refractivity contribution in [2.75, 3.05) is 5.33 Å².